The van der Waals surface area contributed by atoms with Gasteiger partial charge in [0.15, 0.2) is 23.3 Å². The Hall–Kier alpha value is -3.00. The lowest BCUT2D eigenvalue weighted by Gasteiger charge is -2.26. The Morgan fingerprint density at radius 3 is 2.23 bits per heavy atom. The van der Waals surface area contributed by atoms with Crippen LogP contribution in [0.25, 0.3) is 11.0 Å². The van der Waals surface area contributed by atoms with Crippen molar-refractivity contribution < 1.29 is 17.6 Å². The summed E-state index contributed by atoms with van der Waals surface area (Å²) in [5.41, 5.74) is 1.67. The zero-order valence-corrected chi connectivity index (χ0v) is 17.7. The molecule has 0 aliphatic carbocycles. The second-order valence-corrected chi connectivity index (χ2v) is 8.05. The summed E-state index contributed by atoms with van der Waals surface area (Å²) < 4.78 is 57.5. The third kappa shape index (κ3) is 4.12. The third-order valence-corrected chi connectivity index (χ3v) is 5.97. The summed E-state index contributed by atoms with van der Waals surface area (Å²) in [5.74, 6) is -5.49. The zero-order chi connectivity index (χ0) is 22.1. The molecular weight excluding hydrogens is 426 g/mol. The molecule has 0 unspecified atom stereocenters. The van der Waals surface area contributed by atoms with Crippen LogP contribution in [0.2, 0.25) is 0 Å². The molecule has 0 spiro atoms. The second-order valence-electron chi connectivity index (χ2n) is 7.17. The molecule has 0 bridgehead atoms. The molecule has 1 aromatic heterocycles. The number of fused-ring (bicyclic) bond motifs is 1. The summed E-state index contributed by atoms with van der Waals surface area (Å²) in [6, 6.07) is 13.0. The van der Waals surface area contributed by atoms with Crippen molar-refractivity contribution >= 4 is 28.5 Å². The standard InChI is InChI=1S/C23H19F4N3S/c1-13-20(24)22(26)17(23(27)21(13)25)11-30(10-14-3-6-16(31-2)7-4-14)15-5-8-18-19(9-15)29-12-28-18/h3-9,12H,10-11H2,1-2H3,(H,28,29). The number of H-pyrrole nitrogens is 1. The molecule has 1 N–H and O–H groups in total. The second kappa shape index (κ2) is 8.63. The summed E-state index contributed by atoms with van der Waals surface area (Å²) >= 11 is 1.60. The van der Waals surface area contributed by atoms with Crippen LogP contribution in [0.4, 0.5) is 23.2 Å². The van der Waals surface area contributed by atoms with Crippen LogP contribution >= 0.6 is 11.8 Å². The molecule has 0 amide bonds. The first-order chi connectivity index (χ1) is 14.9. The van der Waals surface area contributed by atoms with Gasteiger partial charge in [-0.1, -0.05) is 12.1 Å². The van der Waals surface area contributed by atoms with Crippen molar-refractivity contribution in [2.45, 2.75) is 24.9 Å². The number of hydrogen-bond donors (Lipinski definition) is 1. The Morgan fingerprint density at radius 2 is 1.58 bits per heavy atom. The van der Waals surface area contributed by atoms with Gasteiger partial charge in [-0.2, -0.15) is 0 Å². The molecule has 0 fully saturated rings. The Bertz CT molecular complexity index is 1210. The van der Waals surface area contributed by atoms with Crippen molar-refractivity contribution in [2.75, 3.05) is 11.2 Å². The highest BCUT2D eigenvalue weighted by molar-refractivity contribution is 7.98. The van der Waals surface area contributed by atoms with E-state index in [2.05, 4.69) is 9.97 Å². The molecule has 0 saturated heterocycles. The summed E-state index contributed by atoms with van der Waals surface area (Å²) in [4.78, 5) is 9.92. The Kier molecular flexibility index (Phi) is 5.91. The van der Waals surface area contributed by atoms with E-state index in [-0.39, 0.29) is 13.1 Å². The van der Waals surface area contributed by atoms with Gasteiger partial charge in [-0.15, -0.1) is 11.8 Å². The first-order valence-electron chi connectivity index (χ1n) is 9.51. The van der Waals surface area contributed by atoms with Crippen molar-refractivity contribution in [1.29, 1.82) is 0 Å². The fourth-order valence-electron chi connectivity index (χ4n) is 3.43. The van der Waals surface area contributed by atoms with E-state index >= 15 is 0 Å². The van der Waals surface area contributed by atoms with Crippen molar-refractivity contribution in [3.8, 4) is 0 Å². The van der Waals surface area contributed by atoms with Crippen LogP contribution in [-0.2, 0) is 13.1 Å². The van der Waals surface area contributed by atoms with Gasteiger partial charge in [0.25, 0.3) is 0 Å². The number of anilines is 1. The van der Waals surface area contributed by atoms with Gasteiger partial charge in [-0.25, -0.2) is 22.5 Å². The van der Waals surface area contributed by atoms with E-state index in [4.69, 9.17) is 0 Å². The number of aromatic nitrogens is 2. The molecule has 0 atom stereocenters. The van der Waals surface area contributed by atoms with Crippen LogP contribution < -0.4 is 4.90 Å². The van der Waals surface area contributed by atoms with Crippen LogP contribution in [0.15, 0.2) is 53.7 Å². The topological polar surface area (TPSA) is 31.9 Å². The van der Waals surface area contributed by atoms with Gasteiger partial charge < -0.3 is 9.88 Å². The number of aromatic amines is 1. The van der Waals surface area contributed by atoms with Crippen LogP contribution in [0, 0.1) is 30.2 Å². The maximum absolute atomic E-state index is 14.6. The van der Waals surface area contributed by atoms with Crippen molar-refractivity contribution in [3.05, 3.63) is 88.8 Å². The molecule has 3 nitrogen and oxygen atoms in total. The van der Waals surface area contributed by atoms with Crippen LogP contribution in [0.3, 0.4) is 0 Å². The molecule has 1 heterocycles. The maximum Gasteiger partial charge on any atom is 0.167 e. The van der Waals surface area contributed by atoms with E-state index in [0.29, 0.717) is 5.69 Å². The minimum absolute atomic E-state index is 0.282. The predicted molar refractivity (Wildman–Crippen MR) is 115 cm³/mol. The van der Waals surface area contributed by atoms with E-state index in [0.717, 1.165) is 28.4 Å². The Labute approximate surface area is 181 Å². The molecular formula is C23H19F4N3S. The number of hydrogen-bond acceptors (Lipinski definition) is 3. The molecule has 0 aliphatic rings. The molecule has 8 heteroatoms. The molecule has 0 saturated carbocycles. The van der Waals surface area contributed by atoms with Crippen LogP contribution in [0.5, 0.6) is 0 Å². The highest BCUT2D eigenvalue weighted by atomic mass is 32.2. The lowest BCUT2D eigenvalue weighted by atomic mass is 10.1. The summed E-state index contributed by atoms with van der Waals surface area (Å²) in [6.07, 6.45) is 3.51. The highest BCUT2D eigenvalue weighted by Gasteiger charge is 2.25. The van der Waals surface area contributed by atoms with Gasteiger partial charge >= 0.3 is 0 Å². The average molecular weight is 445 g/mol. The van der Waals surface area contributed by atoms with E-state index in [1.807, 2.05) is 30.5 Å². The van der Waals surface area contributed by atoms with Crippen molar-refractivity contribution in [3.63, 3.8) is 0 Å². The quantitative estimate of drug-likeness (QED) is 0.213. The van der Waals surface area contributed by atoms with Crippen molar-refractivity contribution in [1.82, 2.24) is 9.97 Å². The van der Waals surface area contributed by atoms with E-state index < -0.39 is 34.4 Å². The minimum atomic E-state index is -1.37. The summed E-state index contributed by atoms with van der Waals surface area (Å²) in [6.45, 7) is 0.942. The predicted octanol–water partition coefficient (Wildman–Crippen LogP) is 6.36. The fourth-order valence-corrected chi connectivity index (χ4v) is 3.83. The average Bonchev–Trinajstić information content (AvgIpc) is 3.27. The molecule has 0 radical (unpaired) electrons. The minimum Gasteiger partial charge on any atom is -0.363 e. The fraction of sp³-hybridized carbons (Fsp3) is 0.174. The van der Waals surface area contributed by atoms with Gasteiger partial charge in [-0.3, -0.25) is 0 Å². The molecule has 4 rings (SSSR count). The molecule has 3 aromatic carbocycles. The Morgan fingerprint density at radius 1 is 0.903 bits per heavy atom. The molecule has 0 aliphatic heterocycles. The van der Waals surface area contributed by atoms with Gasteiger partial charge in [0.2, 0.25) is 0 Å². The summed E-state index contributed by atoms with van der Waals surface area (Å²) in [5, 5.41) is 0. The number of thioether (sulfide) groups is 1. The number of benzene rings is 3. The number of halogens is 4. The van der Waals surface area contributed by atoms with Crippen molar-refractivity contribution in [2.24, 2.45) is 0 Å². The largest absolute Gasteiger partial charge is 0.363 e. The molecule has 31 heavy (non-hydrogen) atoms. The van der Waals surface area contributed by atoms with Gasteiger partial charge in [0.05, 0.1) is 17.4 Å². The zero-order valence-electron chi connectivity index (χ0n) is 16.8. The maximum atomic E-state index is 14.6. The first kappa shape index (κ1) is 21.2. The normalized spacial score (nSPS) is 11.3. The number of nitrogens with zero attached hydrogens (tertiary/aromatic N) is 2. The third-order valence-electron chi connectivity index (χ3n) is 5.22. The van der Waals surface area contributed by atoms with E-state index in [9.17, 15) is 17.6 Å². The number of rotatable bonds is 6. The van der Waals surface area contributed by atoms with Crippen LogP contribution in [0.1, 0.15) is 16.7 Å². The lowest BCUT2D eigenvalue weighted by Crippen LogP contribution is -2.24. The molecule has 160 valence electrons. The first-order valence-corrected chi connectivity index (χ1v) is 10.7. The van der Waals surface area contributed by atoms with Crippen LogP contribution in [-0.4, -0.2) is 16.2 Å². The lowest BCUT2D eigenvalue weighted by molar-refractivity contribution is 0.429. The van der Waals surface area contributed by atoms with Gasteiger partial charge in [-0.05, 0) is 49.1 Å². The highest BCUT2D eigenvalue weighted by Crippen LogP contribution is 2.29. The number of nitrogens with one attached hydrogen (secondary N) is 1. The smallest absolute Gasteiger partial charge is 0.167 e. The van der Waals surface area contributed by atoms with E-state index in [1.165, 1.54) is 0 Å². The number of imidazole rings is 1. The van der Waals surface area contributed by atoms with E-state index in [1.54, 1.807) is 41.2 Å². The van der Waals surface area contributed by atoms with Gasteiger partial charge in [0, 0.05) is 34.8 Å². The Balaban J connectivity index is 1.76. The van der Waals surface area contributed by atoms with Gasteiger partial charge in [0.1, 0.15) is 0 Å². The molecule has 4 aromatic rings. The monoisotopic (exact) mass is 445 g/mol. The SMILES string of the molecule is CSc1ccc(CN(Cc2c(F)c(F)c(C)c(F)c2F)c2ccc3nc[nH]c3c2)cc1. The summed E-state index contributed by atoms with van der Waals surface area (Å²) in [7, 11) is 0.